The Balaban J connectivity index is 0.000000138. The molecule has 9 rings (SSSR count). The highest BCUT2D eigenvalue weighted by molar-refractivity contribution is 6.32. The molecule has 3 aliphatic rings. The molecule has 3 aliphatic heterocycles. The van der Waals surface area contributed by atoms with Crippen LogP contribution in [-0.4, -0.2) is 111 Å². The van der Waals surface area contributed by atoms with Crippen molar-refractivity contribution in [3.05, 3.63) is 70.1 Å². The molecule has 6 aromatic rings. The van der Waals surface area contributed by atoms with Crippen LogP contribution in [0.2, 0.25) is 15.1 Å². The Morgan fingerprint density at radius 1 is 0.639 bits per heavy atom. The zero-order valence-electron chi connectivity index (χ0n) is 35.1. The molecule has 0 unspecified atom stereocenters. The van der Waals surface area contributed by atoms with Crippen molar-refractivity contribution >= 4 is 102 Å². The molecule has 3 fully saturated rings. The fourth-order valence-electron chi connectivity index (χ4n) is 8.81. The van der Waals surface area contributed by atoms with Crippen LogP contribution in [0, 0.1) is 5.92 Å². The third-order valence-electron chi connectivity index (χ3n) is 12.2. The third kappa shape index (κ3) is 10.5. The van der Waals surface area contributed by atoms with E-state index in [-0.39, 0.29) is 23.8 Å². The third-order valence-corrected chi connectivity index (χ3v) is 12.9. The van der Waals surface area contributed by atoms with Crippen LogP contribution in [0.5, 0.6) is 0 Å². The van der Waals surface area contributed by atoms with Crippen molar-refractivity contribution in [3.8, 4) is 0 Å². The van der Waals surface area contributed by atoms with Gasteiger partial charge < -0.3 is 24.9 Å². The number of aromatic amines is 3. The monoisotopic (exact) mass is 889 g/mol. The molecule has 0 aliphatic carbocycles. The number of hydrogen-bond donors (Lipinski definition) is 4. The number of nitrogens with zero attached hydrogens (tertiary/aromatic N) is 7. The Labute approximate surface area is 370 Å². The topological polar surface area (TPSA) is 162 Å². The van der Waals surface area contributed by atoms with Gasteiger partial charge in [-0.3, -0.25) is 29.7 Å². The molecule has 0 atom stereocenters. The molecular weight excluding hydrogens is 837 g/mol. The highest BCUT2D eigenvalue weighted by atomic mass is 35.5. The number of nitrogens with one attached hydrogen (secondary N) is 4. The number of aromatic nitrogens is 6. The minimum absolute atomic E-state index is 0.0448. The average molecular weight is 891 g/mol. The lowest BCUT2D eigenvalue weighted by Gasteiger charge is -2.37. The zero-order valence-corrected chi connectivity index (χ0v) is 37.4. The molecule has 3 aromatic heterocycles. The number of piperidine rings is 3. The Hall–Kier alpha value is -5.05. The van der Waals surface area contributed by atoms with Crippen LogP contribution in [0.3, 0.4) is 0 Å². The van der Waals surface area contributed by atoms with E-state index in [0.29, 0.717) is 33.3 Å². The summed E-state index contributed by atoms with van der Waals surface area (Å²) in [6, 6.07) is 12.2. The molecule has 324 valence electrons. The first kappa shape index (κ1) is 44.0. The molecule has 0 spiro atoms. The quantitative estimate of drug-likeness (QED) is 0.123. The van der Waals surface area contributed by atoms with Gasteiger partial charge in [0.2, 0.25) is 11.8 Å². The molecule has 14 nitrogen and oxygen atoms in total. The lowest BCUT2D eigenvalue weighted by molar-refractivity contribution is -0.130. The van der Waals surface area contributed by atoms with Crippen LogP contribution in [0.15, 0.2) is 55.0 Å². The number of carbonyl (C=O) groups is 3. The largest absolute Gasteiger partial charge is 0.371 e. The van der Waals surface area contributed by atoms with Crippen molar-refractivity contribution in [1.82, 2.24) is 40.8 Å². The van der Waals surface area contributed by atoms with Crippen molar-refractivity contribution < 1.29 is 14.4 Å². The van der Waals surface area contributed by atoms with Gasteiger partial charge in [-0.2, -0.15) is 15.3 Å². The van der Waals surface area contributed by atoms with E-state index < -0.39 is 0 Å². The molecule has 0 saturated carbocycles. The van der Waals surface area contributed by atoms with Gasteiger partial charge in [0.25, 0.3) is 0 Å². The summed E-state index contributed by atoms with van der Waals surface area (Å²) < 4.78 is 0. The van der Waals surface area contributed by atoms with Gasteiger partial charge in [-0.15, -0.1) is 0 Å². The van der Waals surface area contributed by atoms with Crippen LogP contribution < -0.4 is 20.0 Å². The van der Waals surface area contributed by atoms with Gasteiger partial charge in [0.1, 0.15) is 5.78 Å². The van der Waals surface area contributed by atoms with E-state index in [9.17, 15) is 14.4 Å². The first-order valence-corrected chi connectivity index (χ1v) is 22.2. The Kier molecular flexibility index (Phi) is 14.3. The number of carbonyl (C=O) groups excluding carboxylic acids is 3. The number of amides is 2. The van der Waals surface area contributed by atoms with Gasteiger partial charge in [0, 0.05) is 133 Å². The second-order valence-corrected chi connectivity index (χ2v) is 17.5. The van der Waals surface area contributed by atoms with Crippen LogP contribution in [0.1, 0.15) is 65.7 Å². The van der Waals surface area contributed by atoms with Crippen LogP contribution in [0.25, 0.3) is 32.7 Å². The lowest BCUT2D eigenvalue weighted by Crippen LogP contribution is -2.45. The van der Waals surface area contributed by atoms with Gasteiger partial charge >= 0.3 is 0 Å². The molecule has 61 heavy (non-hydrogen) atoms. The predicted octanol–water partition coefficient (Wildman–Crippen LogP) is 8.40. The van der Waals surface area contributed by atoms with Crippen LogP contribution in [-0.2, 0) is 14.4 Å². The Bertz CT molecular complexity index is 2460. The molecule has 17 heteroatoms. The summed E-state index contributed by atoms with van der Waals surface area (Å²) in [6.07, 6.45) is 11.9. The van der Waals surface area contributed by atoms with Gasteiger partial charge in [-0.1, -0.05) is 41.7 Å². The molecule has 0 bridgehead atoms. The summed E-state index contributed by atoms with van der Waals surface area (Å²) in [5.41, 5.74) is 6.22. The number of hydrogen-bond acceptors (Lipinski definition) is 9. The summed E-state index contributed by atoms with van der Waals surface area (Å²) in [4.78, 5) is 43.1. The molecular formula is C44H54Cl3N11O3. The Morgan fingerprint density at radius 2 is 1.02 bits per heavy atom. The van der Waals surface area contributed by atoms with E-state index in [1.54, 1.807) is 13.8 Å². The van der Waals surface area contributed by atoms with Crippen molar-refractivity contribution in [3.63, 3.8) is 0 Å². The lowest BCUT2D eigenvalue weighted by atomic mass is 9.91. The average Bonchev–Trinajstić information content (AvgIpc) is 4.05. The van der Waals surface area contributed by atoms with Gasteiger partial charge in [-0.05, 0) is 74.9 Å². The molecule has 3 saturated heterocycles. The SMILES string of the molecule is CC(=O)N(C)C1CCN(c2cc(Cl)cc3[nH]ncc23)CC1.CC(=O)NC1CCN(c2cc(Cl)cc3[nH]ncc23)CC1.CCC(=O)C1CCN(c2cc(Cl)cc3[nH]ncc23)CC1. The normalized spacial score (nSPS) is 16.6. The molecule has 2 amide bonds. The fraction of sp³-hybridized carbons (Fsp3) is 0.455. The highest BCUT2D eigenvalue weighted by Crippen LogP contribution is 2.35. The van der Waals surface area contributed by atoms with E-state index in [2.05, 4.69) is 50.6 Å². The molecule has 0 radical (unpaired) electrons. The summed E-state index contributed by atoms with van der Waals surface area (Å²) >= 11 is 18.5. The van der Waals surface area contributed by atoms with Gasteiger partial charge in [0.05, 0.1) is 35.1 Å². The molecule has 4 N–H and O–H groups in total. The molecule has 6 heterocycles. The fourth-order valence-corrected chi connectivity index (χ4v) is 9.45. The maximum atomic E-state index is 11.8. The summed E-state index contributed by atoms with van der Waals surface area (Å²) in [5, 5.41) is 29.6. The smallest absolute Gasteiger partial charge is 0.219 e. The van der Waals surface area contributed by atoms with Crippen molar-refractivity contribution in [1.29, 1.82) is 0 Å². The number of benzene rings is 3. The van der Waals surface area contributed by atoms with Crippen LogP contribution in [0.4, 0.5) is 17.1 Å². The van der Waals surface area contributed by atoms with E-state index in [0.717, 1.165) is 128 Å². The van der Waals surface area contributed by atoms with Crippen molar-refractivity contribution in [2.24, 2.45) is 5.92 Å². The number of ketones is 1. The first-order chi connectivity index (χ1) is 29.4. The number of anilines is 3. The molecule has 3 aromatic carbocycles. The van der Waals surface area contributed by atoms with E-state index in [4.69, 9.17) is 34.8 Å². The van der Waals surface area contributed by atoms with Crippen molar-refractivity contribution in [2.45, 2.75) is 77.8 Å². The maximum Gasteiger partial charge on any atom is 0.219 e. The summed E-state index contributed by atoms with van der Waals surface area (Å²) in [6.45, 7) is 10.6. The predicted molar refractivity (Wildman–Crippen MR) is 246 cm³/mol. The van der Waals surface area contributed by atoms with Crippen LogP contribution >= 0.6 is 34.8 Å². The van der Waals surface area contributed by atoms with E-state index in [1.165, 1.54) is 0 Å². The minimum atomic E-state index is 0.0448. The Morgan fingerprint density at radius 3 is 1.38 bits per heavy atom. The second kappa shape index (κ2) is 19.8. The first-order valence-electron chi connectivity index (χ1n) is 21.0. The highest BCUT2D eigenvalue weighted by Gasteiger charge is 2.27. The van der Waals surface area contributed by atoms with E-state index >= 15 is 0 Å². The second-order valence-electron chi connectivity index (χ2n) is 16.2. The van der Waals surface area contributed by atoms with Gasteiger partial charge in [-0.25, -0.2) is 0 Å². The standard InChI is InChI=1S/C15H19ClN4O.C15H18ClN3O.C14H17ClN4O/c1-10(21)19(2)12-3-5-20(6-4-12)15-8-11(16)7-14-13(15)9-17-18-14;1-2-15(20)10-3-5-19(6-4-10)14-8-11(16)7-13-12(14)9-17-18-13;1-9(20)17-11-2-4-19(5-3-11)14-7-10(15)6-13-12(14)8-16-18-13/h7-9,12H,3-6H2,1-2H3,(H,17,18);7-10H,2-6H2,1H3,(H,17,18);6-8,11H,2-5H2,1H3,(H,16,18)(H,17,20). The maximum absolute atomic E-state index is 11.8. The summed E-state index contributed by atoms with van der Waals surface area (Å²) in [7, 11) is 1.89. The zero-order chi connectivity index (χ0) is 43.2. The number of halogens is 3. The number of Topliss-reactive ketones (excluding diaryl/α,β-unsaturated/α-hetero) is 1. The number of fused-ring (bicyclic) bond motifs is 3. The van der Waals surface area contributed by atoms with Gasteiger partial charge in [0.15, 0.2) is 0 Å². The summed E-state index contributed by atoms with van der Waals surface area (Å²) in [5.74, 6) is 0.802. The van der Waals surface area contributed by atoms with Crippen molar-refractivity contribution in [2.75, 3.05) is 61.0 Å². The minimum Gasteiger partial charge on any atom is -0.371 e. The number of rotatable bonds is 7. The number of H-pyrrole nitrogens is 3. The van der Waals surface area contributed by atoms with E-state index in [1.807, 2.05) is 73.9 Å².